The summed E-state index contributed by atoms with van der Waals surface area (Å²) >= 11 is 0. The number of phenolic OH excluding ortho intramolecular Hbond substituents is 1. The summed E-state index contributed by atoms with van der Waals surface area (Å²) in [6.45, 7) is 6.32. The lowest BCUT2D eigenvalue weighted by atomic mass is 10.0. The van der Waals surface area contributed by atoms with E-state index in [-0.39, 0.29) is 45.1 Å². The van der Waals surface area contributed by atoms with Crippen LogP contribution in [0, 0.1) is 0 Å². The van der Waals surface area contributed by atoms with Crippen LogP contribution in [0.5, 0.6) is 5.75 Å². The van der Waals surface area contributed by atoms with E-state index < -0.39 is 42.0 Å². The maximum absolute atomic E-state index is 11.7. The Kier molecular flexibility index (Phi) is 22.7. The summed E-state index contributed by atoms with van der Waals surface area (Å²) < 4.78 is 18.7. The van der Waals surface area contributed by atoms with E-state index >= 15 is 0 Å². The summed E-state index contributed by atoms with van der Waals surface area (Å²) in [6, 6.07) is 23.2. The lowest BCUT2D eigenvalue weighted by Crippen LogP contribution is -2.38. The highest BCUT2D eigenvalue weighted by atomic mass is 16.5. The zero-order valence-corrected chi connectivity index (χ0v) is 34.5. The maximum atomic E-state index is 11.7. The van der Waals surface area contributed by atoms with Gasteiger partial charge in [-0.3, -0.25) is 14.4 Å². The zero-order chi connectivity index (χ0) is 45.0. The number of benzene rings is 4. The van der Waals surface area contributed by atoms with Crippen molar-refractivity contribution in [1.82, 2.24) is 31.9 Å². The minimum absolute atomic E-state index is 0.151. The van der Waals surface area contributed by atoms with E-state index in [4.69, 9.17) is 15.6 Å². The van der Waals surface area contributed by atoms with Crippen LogP contribution in [0.4, 0.5) is 20.1 Å². The Balaban J connectivity index is 0.000000317. The number of carbonyl (C=O) groups excluding carboxylic acids is 7. The predicted molar refractivity (Wildman–Crippen MR) is 225 cm³/mol. The number of anilines is 1. The van der Waals surface area contributed by atoms with Crippen molar-refractivity contribution in [2.24, 2.45) is 0 Å². The van der Waals surface area contributed by atoms with Gasteiger partial charge in [-0.2, -0.15) is 0 Å². The van der Waals surface area contributed by atoms with Crippen molar-refractivity contribution in [2.45, 2.75) is 40.4 Å². The number of nitrogen functional groups attached to an aromatic ring is 1. The number of urea groups is 3. The largest absolute Gasteiger partial charge is 0.508 e. The Morgan fingerprint density at radius 1 is 0.541 bits per heavy atom. The standard InChI is InChI=1S/C16H19N3O3.C14H18N2O5.C12H16N2O4/c1-2-22-15(20)10-19-16(21)18-9-11-7-8-14(17)13-6-4-3-5-12(11)13;1-3-21-12(17)9-16-14(19)15-8-10-5-4-6-11(7-10)13(18)20-2;1-2-18-11(16)8-14-12(17)13-7-9-3-5-10(15)6-4-9/h3-8H,2,9-10,17H2,1H3,(H2,18,19,21);4-7H,3,8-9H2,1-2H3,(H2,15,16,19);3-6,15H,2,7-8H2,1H3,(H2,13,14,17). The molecule has 0 unspecified atom stereocenters. The van der Waals surface area contributed by atoms with Crippen LogP contribution in [-0.4, -0.2) is 93.6 Å². The van der Waals surface area contributed by atoms with Crippen LogP contribution in [0.25, 0.3) is 10.8 Å². The molecule has 4 aromatic carbocycles. The maximum Gasteiger partial charge on any atom is 0.337 e. The van der Waals surface area contributed by atoms with Gasteiger partial charge < -0.3 is 61.7 Å². The van der Waals surface area contributed by atoms with Crippen LogP contribution in [0.15, 0.2) is 84.9 Å². The second-order valence-corrected chi connectivity index (χ2v) is 12.2. The van der Waals surface area contributed by atoms with E-state index in [9.17, 15) is 33.6 Å². The molecule has 6 amide bonds. The first-order chi connectivity index (χ1) is 29.3. The number of hydrogen-bond donors (Lipinski definition) is 8. The fourth-order valence-electron chi connectivity index (χ4n) is 4.90. The molecule has 0 heterocycles. The molecule has 0 saturated heterocycles. The summed E-state index contributed by atoms with van der Waals surface area (Å²) in [5.74, 6) is -1.71. The summed E-state index contributed by atoms with van der Waals surface area (Å²) in [5.41, 5.74) is 9.59. The van der Waals surface area contributed by atoms with E-state index in [1.54, 1.807) is 57.2 Å². The molecule has 0 aromatic heterocycles. The van der Waals surface area contributed by atoms with E-state index in [1.165, 1.54) is 19.2 Å². The van der Waals surface area contributed by atoms with Crippen molar-refractivity contribution in [3.05, 3.63) is 107 Å². The molecular weight excluding hydrogens is 794 g/mol. The number of hydrogen-bond acceptors (Lipinski definition) is 13. The van der Waals surface area contributed by atoms with E-state index in [0.29, 0.717) is 30.9 Å². The van der Waals surface area contributed by atoms with Gasteiger partial charge in [-0.15, -0.1) is 0 Å². The number of ether oxygens (including phenoxy) is 4. The number of methoxy groups -OCH3 is 1. The van der Waals surface area contributed by atoms with E-state index in [2.05, 4.69) is 46.1 Å². The molecule has 4 aromatic rings. The lowest BCUT2D eigenvalue weighted by molar-refractivity contribution is -0.142. The van der Waals surface area contributed by atoms with Crippen LogP contribution in [0.2, 0.25) is 0 Å². The highest BCUT2D eigenvalue weighted by Crippen LogP contribution is 2.24. The second kappa shape index (κ2) is 28.0. The second-order valence-electron chi connectivity index (χ2n) is 12.2. The monoisotopic (exact) mass is 847 g/mol. The molecule has 9 N–H and O–H groups in total. The van der Waals surface area contributed by atoms with E-state index in [1.807, 2.05) is 36.4 Å². The van der Waals surface area contributed by atoms with Crippen LogP contribution >= 0.6 is 0 Å². The molecule has 0 atom stereocenters. The van der Waals surface area contributed by atoms with Gasteiger partial charge in [0.25, 0.3) is 0 Å². The van der Waals surface area contributed by atoms with Crippen molar-refractivity contribution in [2.75, 3.05) is 52.3 Å². The van der Waals surface area contributed by atoms with Crippen molar-refractivity contribution < 1.29 is 57.6 Å². The number of nitrogens with two attached hydrogens (primary N) is 1. The van der Waals surface area contributed by atoms with Gasteiger partial charge in [0.15, 0.2) is 0 Å². The average molecular weight is 848 g/mol. The third-order valence-electron chi connectivity index (χ3n) is 7.77. The van der Waals surface area contributed by atoms with Crippen molar-refractivity contribution >= 4 is 58.4 Å². The number of esters is 4. The quantitative estimate of drug-likeness (QED) is 0.0457. The smallest absolute Gasteiger partial charge is 0.337 e. The number of amides is 6. The van der Waals surface area contributed by atoms with Crippen LogP contribution in [0.3, 0.4) is 0 Å². The van der Waals surface area contributed by atoms with Gasteiger partial charge >= 0.3 is 42.0 Å². The Bertz CT molecular complexity index is 2060. The van der Waals surface area contributed by atoms with Gasteiger partial charge in [0, 0.05) is 30.7 Å². The third kappa shape index (κ3) is 20.1. The van der Waals surface area contributed by atoms with Gasteiger partial charge in [-0.05, 0) is 73.2 Å². The minimum atomic E-state index is -0.500. The molecule has 0 saturated carbocycles. The molecule has 19 heteroatoms. The van der Waals surface area contributed by atoms with Gasteiger partial charge in [-0.25, -0.2) is 19.2 Å². The summed E-state index contributed by atoms with van der Waals surface area (Å²) in [7, 11) is 1.30. The number of phenols is 1. The van der Waals surface area contributed by atoms with Crippen molar-refractivity contribution in [1.29, 1.82) is 0 Å². The number of carbonyl (C=O) groups is 7. The molecule has 0 aliphatic heterocycles. The predicted octanol–water partition coefficient (Wildman–Crippen LogP) is 3.37. The number of aromatic hydroxyl groups is 1. The van der Waals surface area contributed by atoms with Crippen molar-refractivity contribution in [3.8, 4) is 5.75 Å². The Labute approximate surface area is 353 Å². The van der Waals surface area contributed by atoms with Gasteiger partial charge in [0.1, 0.15) is 25.4 Å². The average Bonchev–Trinajstić information content (AvgIpc) is 3.26. The molecule has 0 aliphatic carbocycles. The Morgan fingerprint density at radius 3 is 1.51 bits per heavy atom. The van der Waals surface area contributed by atoms with Gasteiger partial charge in [-0.1, -0.05) is 54.6 Å². The molecule has 0 spiro atoms. The Hall–Kier alpha value is -7.57. The molecule has 328 valence electrons. The van der Waals surface area contributed by atoms with Crippen LogP contribution in [-0.2, 0) is 53.0 Å². The number of fused-ring (bicyclic) bond motifs is 1. The first-order valence-corrected chi connectivity index (χ1v) is 19.0. The van der Waals surface area contributed by atoms with Crippen LogP contribution in [0.1, 0.15) is 47.8 Å². The Morgan fingerprint density at radius 2 is 1.02 bits per heavy atom. The number of nitrogens with one attached hydrogen (secondary N) is 6. The highest BCUT2D eigenvalue weighted by Gasteiger charge is 2.10. The highest BCUT2D eigenvalue weighted by molar-refractivity contribution is 5.95. The zero-order valence-electron chi connectivity index (χ0n) is 34.5. The first-order valence-electron chi connectivity index (χ1n) is 19.0. The SMILES string of the molecule is CCOC(=O)CNC(=O)NCc1ccc(N)c2ccccc12.CCOC(=O)CNC(=O)NCc1ccc(O)cc1.CCOC(=O)CNC(=O)NCc1cccc(C(=O)OC)c1. The molecule has 0 radical (unpaired) electrons. The molecule has 0 bridgehead atoms. The van der Waals surface area contributed by atoms with Gasteiger partial charge in [0.2, 0.25) is 0 Å². The fraction of sp³-hybridized carbons (Fsp3) is 0.310. The lowest BCUT2D eigenvalue weighted by Gasteiger charge is -2.11. The third-order valence-corrected chi connectivity index (χ3v) is 7.77. The molecule has 61 heavy (non-hydrogen) atoms. The summed E-state index contributed by atoms with van der Waals surface area (Å²) in [5, 5.41) is 26.1. The van der Waals surface area contributed by atoms with Crippen molar-refractivity contribution in [3.63, 3.8) is 0 Å². The first kappa shape index (κ1) is 49.6. The molecule has 4 rings (SSSR count). The molecule has 0 aliphatic rings. The molecule has 0 fully saturated rings. The normalized spacial score (nSPS) is 9.84. The topological polar surface area (TPSA) is 275 Å². The fourth-order valence-corrected chi connectivity index (χ4v) is 4.90. The van der Waals surface area contributed by atoms with E-state index in [0.717, 1.165) is 27.5 Å². The molecule has 19 nitrogen and oxygen atoms in total. The summed E-state index contributed by atoms with van der Waals surface area (Å²) in [6.07, 6.45) is 0. The van der Waals surface area contributed by atoms with Gasteiger partial charge in [0.05, 0.1) is 32.5 Å². The minimum Gasteiger partial charge on any atom is -0.508 e. The number of rotatable bonds is 16. The molecular formula is C42H53N7O12. The summed E-state index contributed by atoms with van der Waals surface area (Å²) in [4.78, 5) is 79.0. The van der Waals surface area contributed by atoms with Crippen LogP contribution < -0.4 is 37.6 Å².